The number of carbonyl (C=O) groups excluding carboxylic acids is 1. The average Bonchev–Trinajstić information content (AvgIpc) is 3.17. The van der Waals surface area contributed by atoms with Crippen LogP contribution in [0.3, 0.4) is 0 Å². The zero-order valence-electron chi connectivity index (χ0n) is 16.2. The van der Waals surface area contributed by atoms with E-state index in [1.54, 1.807) is 4.90 Å². The van der Waals surface area contributed by atoms with Crippen LogP contribution in [0.4, 0.5) is 13.2 Å². The third-order valence-electron chi connectivity index (χ3n) is 5.22. The quantitative estimate of drug-likeness (QED) is 0.630. The van der Waals surface area contributed by atoms with E-state index in [9.17, 15) is 18.0 Å². The maximum absolute atomic E-state index is 13.1. The zero-order valence-corrected chi connectivity index (χ0v) is 16.2. The number of ether oxygens (including phenoxy) is 1. The largest absolute Gasteiger partial charge is 0.493 e. The molecule has 30 heavy (non-hydrogen) atoms. The number of hydrogen-bond donors (Lipinski definition) is 0. The van der Waals surface area contributed by atoms with Crippen molar-refractivity contribution in [3.05, 3.63) is 60.0 Å². The van der Waals surface area contributed by atoms with Crippen molar-refractivity contribution in [3.63, 3.8) is 0 Å². The van der Waals surface area contributed by atoms with Crippen LogP contribution in [0, 0.1) is 0 Å². The first-order valence-electron chi connectivity index (χ1n) is 9.79. The molecular formula is C21H21F3N4O2. The van der Waals surface area contributed by atoms with E-state index in [4.69, 9.17) is 4.74 Å². The molecule has 0 N–H and O–H groups in total. The van der Waals surface area contributed by atoms with Crippen molar-refractivity contribution in [1.82, 2.24) is 19.5 Å². The van der Waals surface area contributed by atoms with E-state index in [0.717, 1.165) is 25.1 Å². The molecule has 158 valence electrons. The molecule has 3 heterocycles. The van der Waals surface area contributed by atoms with E-state index in [1.165, 1.54) is 10.5 Å². The highest BCUT2D eigenvalue weighted by atomic mass is 19.4. The van der Waals surface area contributed by atoms with E-state index in [1.807, 2.05) is 30.3 Å². The molecule has 0 saturated carbocycles. The topological polar surface area (TPSA) is 59.7 Å². The number of fused-ring (bicyclic) bond motifs is 1. The van der Waals surface area contributed by atoms with E-state index >= 15 is 0 Å². The second kappa shape index (κ2) is 8.33. The molecule has 4 rings (SSSR count). The summed E-state index contributed by atoms with van der Waals surface area (Å²) in [7, 11) is 0. The molecule has 0 bridgehead atoms. The van der Waals surface area contributed by atoms with Crippen LogP contribution in [0.1, 0.15) is 36.6 Å². The van der Waals surface area contributed by atoms with E-state index < -0.39 is 11.7 Å². The predicted molar refractivity (Wildman–Crippen MR) is 103 cm³/mol. The highest BCUT2D eigenvalue weighted by molar-refractivity contribution is 5.76. The Labute approximate surface area is 171 Å². The molecule has 0 aliphatic carbocycles. The summed E-state index contributed by atoms with van der Waals surface area (Å²) in [6.07, 6.45) is -1.69. The number of carbonyl (C=O) groups is 1. The number of alkyl halides is 3. The number of pyridine rings is 1. The highest BCUT2D eigenvalue weighted by Crippen LogP contribution is 2.31. The lowest BCUT2D eigenvalue weighted by Crippen LogP contribution is -2.40. The summed E-state index contributed by atoms with van der Waals surface area (Å²) in [6.45, 7) is 1.29. The Balaban J connectivity index is 1.43. The minimum absolute atomic E-state index is 0.0413. The summed E-state index contributed by atoms with van der Waals surface area (Å²) in [4.78, 5) is 14.3. The average molecular weight is 418 g/mol. The van der Waals surface area contributed by atoms with Crippen molar-refractivity contribution in [1.29, 1.82) is 0 Å². The number of para-hydroxylation sites is 1. The van der Waals surface area contributed by atoms with Gasteiger partial charge in [0.2, 0.25) is 5.91 Å². The van der Waals surface area contributed by atoms with Crippen LogP contribution < -0.4 is 4.74 Å². The number of likely N-dealkylation sites (tertiary alicyclic amines) is 1. The number of piperidine rings is 1. The number of hydrogen-bond acceptors (Lipinski definition) is 4. The standard InChI is InChI=1S/C21H21F3N4O2/c22-21(23,24)16-8-9-18-25-26-20(28(18)14-16)15-5-4-11-27(13-15)19(29)10-12-30-17-6-2-1-3-7-17/h1-3,6-9,14-15H,4-5,10-13H2. The Hall–Kier alpha value is -3.10. The molecule has 1 aromatic carbocycles. The fourth-order valence-corrected chi connectivity index (χ4v) is 3.70. The number of aromatic nitrogens is 3. The molecule has 1 amide bonds. The van der Waals surface area contributed by atoms with Crippen LogP contribution in [0.5, 0.6) is 5.75 Å². The van der Waals surface area contributed by atoms with Crippen molar-refractivity contribution in [2.75, 3.05) is 19.7 Å². The minimum atomic E-state index is -4.44. The van der Waals surface area contributed by atoms with Crippen molar-refractivity contribution < 1.29 is 22.7 Å². The Morgan fingerprint density at radius 2 is 1.93 bits per heavy atom. The van der Waals surface area contributed by atoms with Crippen LogP contribution >= 0.6 is 0 Å². The Morgan fingerprint density at radius 3 is 2.70 bits per heavy atom. The van der Waals surface area contributed by atoms with Gasteiger partial charge in [0.05, 0.1) is 18.6 Å². The molecule has 2 aromatic heterocycles. The van der Waals surface area contributed by atoms with Crippen molar-refractivity contribution in [2.24, 2.45) is 0 Å². The minimum Gasteiger partial charge on any atom is -0.493 e. The summed E-state index contributed by atoms with van der Waals surface area (Å²) < 4.78 is 46.2. The number of benzene rings is 1. The molecule has 0 spiro atoms. The fraction of sp³-hybridized carbons (Fsp3) is 0.381. The van der Waals surface area contributed by atoms with E-state index in [0.29, 0.717) is 30.3 Å². The molecule has 0 radical (unpaired) electrons. The van der Waals surface area contributed by atoms with E-state index in [-0.39, 0.29) is 24.9 Å². The first-order valence-corrected chi connectivity index (χ1v) is 9.79. The summed E-state index contributed by atoms with van der Waals surface area (Å²) in [5.41, 5.74) is -0.393. The molecule has 1 unspecified atom stereocenters. The normalized spacial score (nSPS) is 17.3. The fourth-order valence-electron chi connectivity index (χ4n) is 3.70. The van der Waals surface area contributed by atoms with Gasteiger partial charge in [0.1, 0.15) is 11.6 Å². The van der Waals surface area contributed by atoms with Crippen LogP contribution in [0.2, 0.25) is 0 Å². The SMILES string of the molecule is O=C(CCOc1ccccc1)N1CCCC(c2nnc3ccc(C(F)(F)F)cn23)C1. The maximum Gasteiger partial charge on any atom is 0.417 e. The van der Waals surface area contributed by atoms with Gasteiger partial charge in [0, 0.05) is 25.2 Å². The molecular weight excluding hydrogens is 397 g/mol. The molecule has 1 aliphatic rings. The van der Waals surface area contributed by atoms with Crippen molar-refractivity contribution in [3.8, 4) is 5.75 Å². The lowest BCUT2D eigenvalue weighted by Gasteiger charge is -2.32. The van der Waals surface area contributed by atoms with Crippen LogP contribution in [-0.4, -0.2) is 45.1 Å². The van der Waals surface area contributed by atoms with Gasteiger partial charge in [0.25, 0.3) is 0 Å². The van der Waals surface area contributed by atoms with Crippen molar-refractivity contribution >= 4 is 11.6 Å². The molecule has 9 heteroatoms. The van der Waals surface area contributed by atoms with Crippen LogP contribution in [-0.2, 0) is 11.0 Å². The third kappa shape index (κ3) is 4.39. The number of nitrogens with zero attached hydrogens (tertiary/aromatic N) is 4. The van der Waals surface area contributed by atoms with Gasteiger partial charge >= 0.3 is 6.18 Å². The smallest absolute Gasteiger partial charge is 0.417 e. The number of rotatable bonds is 5. The Morgan fingerprint density at radius 1 is 1.13 bits per heavy atom. The monoisotopic (exact) mass is 418 g/mol. The van der Waals surface area contributed by atoms with Gasteiger partial charge in [-0.15, -0.1) is 10.2 Å². The maximum atomic E-state index is 13.1. The summed E-state index contributed by atoms with van der Waals surface area (Å²) in [6, 6.07) is 11.6. The summed E-state index contributed by atoms with van der Waals surface area (Å²) in [5, 5.41) is 8.11. The number of halogens is 3. The van der Waals surface area contributed by atoms with E-state index in [2.05, 4.69) is 10.2 Å². The molecule has 1 aliphatic heterocycles. The first-order chi connectivity index (χ1) is 14.4. The molecule has 1 saturated heterocycles. The predicted octanol–water partition coefficient (Wildman–Crippen LogP) is 3.92. The lowest BCUT2D eigenvalue weighted by atomic mass is 9.97. The Kier molecular flexibility index (Phi) is 5.61. The summed E-state index contributed by atoms with van der Waals surface area (Å²) in [5.74, 6) is 0.947. The second-order valence-corrected chi connectivity index (χ2v) is 7.29. The van der Waals surface area contributed by atoms with Gasteiger partial charge in [-0.3, -0.25) is 9.20 Å². The first kappa shape index (κ1) is 20.2. The Bertz CT molecular complexity index is 1020. The molecule has 1 fully saturated rings. The van der Waals surface area contributed by atoms with Gasteiger partial charge in [0.15, 0.2) is 5.65 Å². The van der Waals surface area contributed by atoms with Crippen molar-refractivity contribution in [2.45, 2.75) is 31.4 Å². The van der Waals surface area contributed by atoms with Crippen LogP contribution in [0.15, 0.2) is 48.7 Å². The van der Waals surface area contributed by atoms with Gasteiger partial charge in [-0.25, -0.2) is 0 Å². The highest BCUT2D eigenvalue weighted by Gasteiger charge is 2.32. The zero-order chi connectivity index (χ0) is 21.1. The van der Waals surface area contributed by atoms with Crippen LogP contribution in [0.25, 0.3) is 5.65 Å². The van der Waals surface area contributed by atoms with Gasteiger partial charge in [-0.1, -0.05) is 18.2 Å². The molecule has 3 aromatic rings. The molecule has 6 nitrogen and oxygen atoms in total. The van der Waals surface area contributed by atoms with Gasteiger partial charge < -0.3 is 9.64 Å². The molecule has 1 atom stereocenters. The summed E-state index contributed by atoms with van der Waals surface area (Å²) >= 11 is 0. The second-order valence-electron chi connectivity index (χ2n) is 7.29. The van der Waals surface area contributed by atoms with Gasteiger partial charge in [-0.2, -0.15) is 13.2 Å². The third-order valence-corrected chi connectivity index (χ3v) is 5.22. The van der Waals surface area contributed by atoms with Gasteiger partial charge in [-0.05, 0) is 37.1 Å². The lowest BCUT2D eigenvalue weighted by molar-refractivity contribution is -0.138. The number of amides is 1.